The van der Waals surface area contributed by atoms with Gasteiger partial charge < -0.3 is 5.32 Å². The van der Waals surface area contributed by atoms with Crippen molar-refractivity contribution in [2.24, 2.45) is 0 Å². The molecule has 3 heteroatoms. The predicted octanol–water partition coefficient (Wildman–Crippen LogP) is 4.80. The Labute approximate surface area is 162 Å². The van der Waals surface area contributed by atoms with Crippen LogP contribution in [0.2, 0.25) is 0 Å². The number of aryl methyl sites for hydroxylation is 2. The van der Waals surface area contributed by atoms with E-state index in [1.807, 2.05) is 18.3 Å². The minimum Gasteiger partial charge on any atom is -0.350 e. The number of nitrogens with one attached hydrogen (secondary N) is 1. The fourth-order valence-electron chi connectivity index (χ4n) is 3.63. The molecule has 1 aliphatic carbocycles. The van der Waals surface area contributed by atoms with Gasteiger partial charge in [0.2, 0.25) is 5.91 Å². The van der Waals surface area contributed by atoms with Crippen LogP contribution < -0.4 is 5.32 Å². The fourth-order valence-corrected chi connectivity index (χ4v) is 3.63. The minimum atomic E-state index is -0.0173. The lowest BCUT2D eigenvalue weighted by atomic mass is 10.0. The van der Waals surface area contributed by atoms with Gasteiger partial charge in [-0.1, -0.05) is 35.9 Å². The molecule has 1 amide bonds. The van der Waals surface area contributed by atoms with Gasteiger partial charge in [0.1, 0.15) is 0 Å². The van der Waals surface area contributed by atoms with Crippen LogP contribution >= 0.6 is 0 Å². The lowest BCUT2D eigenvalue weighted by Gasteiger charge is -2.12. The van der Waals surface area contributed by atoms with Crippen LogP contribution in [0, 0.1) is 6.92 Å². The van der Waals surface area contributed by atoms with E-state index >= 15 is 0 Å². The first kappa shape index (κ1) is 19.1. The second-order valence-corrected chi connectivity index (χ2v) is 7.48. The number of carbonyl (C=O) groups excluding carboxylic acids is 1. The normalized spacial score (nSPS) is 14.5. The fraction of sp³-hybridized carbons (Fsp3) is 0.333. The van der Waals surface area contributed by atoms with Crippen molar-refractivity contribution < 1.29 is 4.79 Å². The van der Waals surface area contributed by atoms with Crippen molar-refractivity contribution in [2.45, 2.75) is 52.5 Å². The number of hydrogen-bond donors (Lipinski definition) is 1. The van der Waals surface area contributed by atoms with Gasteiger partial charge in [-0.2, -0.15) is 0 Å². The number of allylic oxidation sites excluding steroid dienone is 3. The number of amides is 1. The van der Waals surface area contributed by atoms with Crippen molar-refractivity contribution in [3.63, 3.8) is 0 Å². The minimum absolute atomic E-state index is 0.0173. The Bertz CT molecular complexity index is 865. The molecule has 3 nitrogen and oxygen atoms in total. The molecule has 0 unspecified atom stereocenters. The summed E-state index contributed by atoms with van der Waals surface area (Å²) in [6, 6.07) is 10.8. The van der Waals surface area contributed by atoms with Crippen molar-refractivity contribution in [1.29, 1.82) is 0 Å². The van der Waals surface area contributed by atoms with Crippen LogP contribution in [0.1, 0.15) is 48.9 Å². The molecule has 0 bridgehead atoms. The summed E-state index contributed by atoms with van der Waals surface area (Å²) < 4.78 is 0. The highest BCUT2D eigenvalue weighted by Crippen LogP contribution is 2.33. The predicted molar refractivity (Wildman–Crippen MR) is 111 cm³/mol. The molecule has 0 saturated carbocycles. The molecule has 140 valence electrons. The van der Waals surface area contributed by atoms with Crippen molar-refractivity contribution >= 4 is 11.5 Å². The number of hydrogen-bond acceptors (Lipinski definition) is 2. The topological polar surface area (TPSA) is 42.0 Å². The molecular formula is C24H28N2O. The van der Waals surface area contributed by atoms with Gasteiger partial charge in [0.15, 0.2) is 0 Å². The molecule has 1 aromatic carbocycles. The molecule has 0 aliphatic heterocycles. The van der Waals surface area contributed by atoms with Gasteiger partial charge in [-0.3, -0.25) is 9.78 Å². The average molecular weight is 361 g/mol. The van der Waals surface area contributed by atoms with Gasteiger partial charge in [0.25, 0.3) is 0 Å². The molecule has 27 heavy (non-hydrogen) atoms. The lowest BCUT2D eigenvalue weighted by Crippen LogP contribution is -2.31. The molecule has 0 radical (unpaired) electrons. The number of carbonyl (C=O) groups is 1. The van der Waals surface area contributed by atoms with Crippen molar-refractivity contribution in [3.05, 3.63) is 82.7 Å². The largest absolute Gasteiger partial charge is 0.350 e. The highest BCUT2D eigenvalue weighted by molar-refractivity contribution is 5.89. The van der Waals surface area contributed by atoms with Crippen LogP contribution in [0.5, 0.6) is 0 Å². The number of fused-ring (bicyclic) bond motifs is 1. The summed E-state index contributed by atoms with van der Waals surface area (Å²) in [4.78, 5) is 16.4. The van der Waals surface area contributed by atoms with Crippen LogP contribution in [0.25, 0.3) is 5.57 Å². The molecule has 1 N–H and O–H groups in total. The van der Waals surface area contributed by atoms with Crippen molar-refractivity contribution in [3.8, 4) is 0 Å². The number of nitrogens with zero attached hydrogens (tertiary/aromatic N) is 1. The van der Waals surface area contributed by atoms with Gasteiger partial charge in [-0.15, -0.1) is 0 Å². The van der Waals surface area contributed by atoms with Gasteiger partial charge in [0.05, 0.1) is 0 Å². The Morgan fingerprint density at radius 1 is 1.30 bits per heavy atom. The van der Waals surface area contributed by atoms with E-state index in [1.54, 1.807) is 12.3 Å². The standard InChI is InChI=1S/C24H28N2O/c1-17-9-11-23-19(3)21(15-22(23)14-17)10-12-24(27)26-18(2)6-4-7-20-8-5-13-25-16-20/h5,8-14,16,18H,4,6-7,15H2,1-3H3,(H,26,27)/b12-10+/t18-/m1/s1. The Morgan fingerprint density at radius 2 is 2.15 bits per heavy atom. The summed E-state index contributed by atoms with van der Waals surface area (Å²) in [6.45, 7) is 6.32. The number of rotatable bonds is 7. The molecule has 0 fully saturated rings. The maximum Gasteiger partial charge on any atom is 0.244 e. The first-order valence-corrected chi connectivity index (χ1v) is 9.70. The Kier molecular flexibility index (Phi) is 6.23. The molecule has 1 heterocycles. The Morgan fingerprint density at radius 3 is 2.93 bits per heavy atom. The summed E-state index contributed by atoms with van der Waals surface area (Å²) in [5.41, 5.74) is 7.70. The van der Waals surface area contributed by atoms with E-state index in [9.17, 15) is 4.79 Å². The van der Waals surface area contributed by atoms with Gasteiger partial charge >= 0.3 is 0 Å². The quantitative estimate of drug-likeness (QED) is 0.721. The van der Waals surface area contributed by atoms with E-state index in [0.29, 0.717) is 0 Å². The second kappa shape index (κ2) is 8.81. The van der Waals surface area contributed by atoms with Crippen LogP contribution in [0.15, 0.2) is 60.5 Å². The van der Waals surface area contributed by atoms with E-state index in [2.05, 4.69) is 55.3 Å². The number of pyridine rings is 1. The Hall–Kier alpha value is -2.68. The SMILES string of the molecule is CC1=C(/C=C/C(=O)N[C@H](C)CCCc2cccnc2)Cc2cc(C)ccc21. The highest BCUT2D eigenvalue weighted by atomic mass is 16.1. The molecule has 3 rings (SSSR count). The maximum atomic E-state index is 12.2. The van der Waals surface area contributed by atoms with Crippen LogP contribution in [0.3, 0.4) is 0 Å². The third-order valence-corrected chi connectivity index (χ3v) is 5.18. The van der Waals surface area contributed by atoms with Crippen LogP contribution in [-0.2, 0) is 17.6 Å². The third-order valence-electron chi connectivity index (χ3n) is 5.18. The van der Waals surface area contributed by atoms with Gasteiger partial charge in [-0.05, 0) is 80.4 Å². The monoisotopic (exact) mass is 360 g/mol. The average Bonchev–Trinajstić information content (AvgIpc) is 2.96. The number of benzene rings is 1. The van der Waals surface area contributed by atoms with E-state index in [1.165, 1.54) is 33.4 Å². The smallest absolute Gasteiger partial charge is 0.244 e. The first-order chi connectivity index (χ1) is 13.0. The van der Waals surface area contributed by atoms with Gasteiger partial charge in [0, 0.05) is 24.5 Å². The molecule has 2 aromatic rings. The third kappa shape index (κ3) is 5.16. The van der Waals surface area contributed by atoms with Gasteiger partial charge in [-0.25, -0.2) is 0 Å². The van der Waals surface area contributed by atoms with Crippen molar-refractivity contribution in [2.75, 3.05) is 0 Å². The Balaban J connectivity index is 1.47. The van der Waals surface area contributed by atoms with E-state index in [0.717, 1.165) is 25.7 Å². The summed E-state index contributed by atoms with van der Waals surface area (Å²) in [6.07, 6.45) is 11.2. The first-order valence-electron chi connectivity index (χ1n) is 9.70. The lowest BCUT2D eigenvalue weighted by molar-refractivity contribution is -0.117. The summed E-state index contributed by atoms with van der Waals surface area (Å²) in [5.74, 6) is -0.0173. The zero-order chi connectivity index (χ0) is 19.2. The molecule has 1 atom stereocenters. The molecule has 1 aliphatic rings. The van der Waals surface area contributed by atoms with E-state index < -0.39 is 0 Å². The van der Waals surface area contributed by atoms with E-state index in [4.69, 9.17) is 0 Å². The number of aromatic nitrogens is 1. The van der Waals surface area contributed by atoms with Crippen molar-refractivity contribution in [1.82, 2.24) is 10.3 Å². The molecular weight excluding hydrogens is 332 g/mol. The van der Waals surface area contributed by atoms with Crippen LogP contribution in [-0.4, -0.2) is 16.9 Å². The molecule has 0 saturated heterocycles. The summed E-state index contributed by atoms with van der Waals surface area (Å²) in [5, 5.41) is 3.07. The zero-order valence-corrected chi connectivity index (χ0v) is 16.5. The summed E-state index contributed by atoms with van der Waals surface area (Å²) >= 11 is 0. The molecule has 1 aromatic heterocycles. The van der Waals surface area contributed by atoms with E-state index in [-0.39, 0.29) is 11.9 Å². The maximum absolute atomic E-state index is 12.2. The highest BCUT2D eigenvalue weighted by Gasteiger charge is 2.16. The zero-order valence-electron chi connectivity index (χ0n) is 16.5. The summed E-state index contributed by atoms with van der Waals surface area (Å²) in [7, 11) is 0. The molecule has 0 spiro atoms. The van der Waals surface area contributed by atoms with Crippen LogP contribution in [0.4, 0.5) is 0 Å². The second-order valence-electron chi connectivity index (χ2n) is 7.48.